The number of halogens is 3. The second-order valence-corrected chi connectivity index (χ2v) is 5.50. The van der Waals surface area contributed by atoms with Gasteiger partial charge in [0.2, 0.25) is 5.91 Å². The van der Waals surface area contributed by atoms with Crippen molar-refractivity contribution in [2.75, 3.05) is 19.6 Å². The molecule has 0 saturated heterocycles. The topological polar surface area (TPSA) is 32.3 Å². The highest BCUT2D eigenvalue weighted by molar-refractivity contribution is 8.00. The second kappa shape index (κ2) is 8.29. The maximum absolute atomic E-state index is 12.2. The molecule has 1 amide bonds. The SMILES string of the molecule is CCN(CC)C(=O)CNCc1ccc(SC(F)(F)F)cc1. The van der Waals surface area contributed by atoms with Crippen LogP contribution in [-0.4, -0.2) is 35.9 Å². The average molecular weight is 320 g/mol. The van der Waals surface area contributed by atoms with E-state index in [0.29, 0.717) is 19.6 Å². The third-order valence-corrected chi connectivity index (χ3v) is 3.62. The summed E-state index contributed by atoms with van der Waals surface area (Å²) in [5.41, 5.74) is -3.43. The maximum atomic E-state index is 12.2. The lowest BCUT2D eigenvalue weighted by atomic mass is 10.2. The fourth-order valence-corrected chi connectivity index (χ4v) is 2.35. The number of carbonyl (C=O) groups is 1. The van der Waals surface area contributed by atoms with E-state index in [2.05, 4.69) is 5.32 Å². The fraction of sp³-hybridized carbons (Fsp3) is 0.500. The number of benzene rings is 1. The quantitative estimate of drug-likeness (QED) is 0.783. The van der Waals surface area contributed by atoms with Crippen molar-refractivity contribution in [3.05, 3.63) is 29.8 Å². The van der Waals surface area contributed by atoms with Gasteiger partial charge in [-0.3, -0.25) is 4.79 Å². The van der Waals surface area contributed by atoms with Crippen LogP contribution in [0.25, 0.3) is 0 Å². The van der Waals surface area contributed by atoms with Gasteiger partial charge >= 0.3 is 5.51 Å². The first-order valence-corrected chi connectivity index (χ1v) is 7.50. The number of likely N-dealkylation sites (N-methyl/N-ethyl adjacent to an activating group) is 1. The van der Waals surface area contributed by atoms with E-state index in [4.69, 9.17) is 0 Å². The molecule has 1 N–H and O–H groups in total. The molecule has 0 bridgehead atoms. The molecule has 0 aliphatic heterocycles. The van der Waals surface area contributed by atoms with Crippen molar-refractivity contribution in [3.63, 3.8) is 0 Å². The van der Waals surface area contributed by atoms with Gasteiger partial charge in [0, 0.05) is 24.5 Å². The van der Waals surface area contributed by atoms with Gasteiger partial charge in [0.05, 0.1) is 6.54 Å². The molecule has 21 heavy (non-hydrogen) atoms. The number of carbonyl (C=O) groups excluding carboxylic acids is 1. The van der Waals surface area contributed by atoms with Crippen LogP contribution >= 0.6 is 11.8 Å². The molecule has 0 unspecified atom stereocenters. The van der Waals surface area contributed by atoms with Gasteiger partial charge in [0.25, 0.3) is 0 Å². The van der Waals surface area contributed by atoms with Crippen LogP contribution in [0.15, 0.2) is 29.2 Å². The summed E-state index contributed by atoms with van der Waals surface area (Å²) in [6, 6.07) is 6.12. The van der Waals surface area contributed by atoms with Crippen LogP contribution in [0.3, 0.4) is 0 Å². The Morgan fingerprint density at radius 3 is 2.24 bits per heavy atom. The first-order valence-electron chi connectivity index (χ1n) is 6.69. The highest BCUT2D eigenvalue weighted by Gasteiger charge is 2.28. The summed E-state index contributed by atoms with van der Waals surface area (Å²) < 4.78 is 36.6. The van der Waals surface area contributed by atoms with Crippen LogP contribution in [-0.2, 0) is 11.3 Å². The molecule has 0 fully saturated rings. The van der Waals surface area contributed by atoms with E-state index in [-0.39, 0.29) is 29.1 Å². The summed E-state index contributed by atoms with van der Waals surface area (Å²) in [7, 11) is 0. The third kappa shape index (κ3) is 6.86. The number of thioether (sulfide) groups is 1. The summed E-state index contributed by atoms with van der Waals surface area (Å²) in [6.45, 7) is 5.84. The van der Waals surface area contributed by atoms with Crippen molar-refractivity contribution in [1.82, 2.24) is 10.2 Å². The van der Waals surface area contributed by atoms with Crippen molar-refractivity contribution in [2.24, 2.45) is 0 Å². The molecule has 0 aliphatic rings. The van der Waals surface area contributed by atoms with Gasteiger partial charge in [0.15, 0.2) is 0 Å². The van der Waals surface area contributed by atoms with Gasteiger partial charge < -0.3 is 10.2 Å². The van der Waals surface area contributed by atoms with E-state index in [9.17, 15) is 18.0 Å². The van der Waals surface area contributed by atoms with Crippen LogP contribution in [0.5, 0.6) is 0 Å². The van der Waals surface area contributed by atoms with Crippen molar-refractivity contribution < 1.29 is 18.0 Å². The van der Waals surface area contributed by atoms with Crippen LogP contribution < -0.4 is 5.32 Å². The minimum atomic E-state index is -4.27. The molecule has 3 nitrogen and oxygen atoms in total. The van der Waals surface area contributed by atoms with Crippen LogP contribution in [0, 0.1) is 0 Å². The summed E-state index contributed by atoms with van der Waals surface area (Å²) >= 11 is -0.133. The highest BCUT2D eigenvalue weighted by Crippen LogP contribution is 2.36. The van der Waals surface area contributed by atoms with Crippen LogP contribution in [0.1, 0.15) is 19.4 Å². The molecule has 0 atom stereocenters. The molecular formula is C14H19F3N2OS. The Labute approximate surface area is 126 Å². The van der Waals surface area contributed by atoms with E-state index in [0.717, 1.165) is 5.56 Å². The highest BCUT2D eigenvalue weighted by atomic mass is 32.2. The number of nitrogens with one attached hydrogen (secondary N) is 1. The number of hydrogen-bond donors (Lipinski definition) is 1. The Bertz CT molecular complexity index is 445. The summed E-state index contributed by atoms with van der Waals surface area (Å²) in [5, 5.41) is 3.00. The predicted molar refractivity (Wildman–Crippen MR) is 78.0 cm³/mol. The van der Waals surface area contributed by atoms with E-state index in [1.165, 1.54) is 12.1 Å². The lowest BCUT2D eigenvalue weighted by molar-refractivity contribution is -0.129. The lowest BCUT2D eigenvalue weighted by Crippen LogP contribution is -2.37. The van der Waals surface area contributed by atoms with Gasteiger partial charge in [-0.1, -0.05) is 12.1 Å². The Hall–Kier alpha value is -1.21. The number of nitrogens with zero attached hydrogens (tertiary/aromatic N) is 1. The molecule has 0 aromatic heterocycles. The van der Waals surface area contributed by atoms with E-state index >= 15 is 0 Å². The molecule has 1 aromatic carbocycles. The summed E-state index contributed by atoms with van der Waals surface area (Å²) in [6.07, 6.45) is 0. The number of hydrogen-bond acceptors (Lipinski definition) is 3. The van der Waals surface area contributed by atoms with Gasteiger partial charge in [-0.2, -0.15) is 13.2 Å². The lowest BCUT2D eigenvalue weighted by Gasteiger charge is -2.18. The van der Waals surface area contributed by atoms with Gasteiger partial charge in [-0.25, -0.2) is 0 Å². The number of amides is 1. The smallest absolute Gasteiger partial charge is 0.342 e. The monoisotopic (exact) mass is 320 g/mol. The van der Waals surface area contributed by atoms with Crippen molar-refractivity contribution in [3.8, 4) is 0 Å². The second-order valence-electron chi connectivity index (χ2n) is 4.36. The molecule has 0 heterocycles. The number of alkyl halides is 3. The summed E-state index contributed by atoms with van der Waals surface area (Å²) in [5.74, 6) is 0.0178. The van der Waals surface area contributed by atoms with Crippen molar-refractivity contribution >= 4 is 17.7 Å². The number of rotatable bonds is 7. The molecule has 118 valence electrons. The van der Waals surface area contributed by atoms with Crippen molar-refractivity contribution in [2.45, 2.75) is 30.8 Å². The molecule has 1 rings (SSSR count). The van der Waals surface area contributed by atoms with E-state index < -0.39 is 5.51 Å². The third-order valence-electron chi connectivity index (χ3n) is 2.88. The largest absolute Gasteiger partial charge is 0.446 e. The normalized spacial score (nSPS) is 11.5. The Morgan fingerprint density at radius 2 is 1.76 bits per heavy atom. The Balaban J connectivity index is 2.41. The zero-order valence-electron chi connectivity index (χ0n) is 12.0. The van der Waals surface area contributed by atoms with Crippen LogP contribution in [0.4, 0.5) is 13.2 Å². The Kier molecular flexibility index (Phi) is 7.04. The van der Waals surface area contributed by atoms with Crippen LogP contribution in [0.2, 0.25) is 0 Å². The molecular weight excluding hydrogens is 301 g/mol. The standard InChI is InChI=1S/C14H19F3N2OS/c1-3-19(4-2)13(20)10-18-9-11-5-7-12(8-6-11)21-14(15,16)17/h5-8,18H,3-4,9-10H2,1-2H3. The van der Waals surface area contributed by atoms with Crippen molar-refractivity contribution in [1.29, 1.82) is 0 Å². The fourth-order valence-electron chi connectivity index (χ4n) is 1.81. The molecule has 0 aliphatic carbocycles. The zero-order chi connectivity index (χ0) is 15.9. The average Bonchev–Trinajstić information content (AvgIpc) is 2.40. The predicted octanol–water partition coefficient (Wildman–Crippen LogP) is 3.26. The Morgan fingerprint density at radius 1 is 1.19 bits per heavy atom. The summed E-state index contributed by atoms with van der Waals surface area (Å²) in [4.78, 5) is 13.6. The minimum absolute atomic E-state index is 0.0178. The molecule has 0 radical (unpaired) electrons. The first-order chi connectivity index (χ1) is 9.85. The molecule has 7 heteroatoms. The molecule has 0 saturated carbocycles. The van der Waals surface area contributed by atoms with Gasteiger partial charge in [-0.15, -0.1) is 0 Å². The van der Waals surface area contributed by atoms with E-state index in [1.54, 1.807) is 17.0 Å². The minimum Gasteiger partial charge on any atom is -0.342 e. The molecule has 0 spiro atoms. The zero-order valence-corrected chi connectivity index (χ0v) is 12.9. The first kappa shape index (κ1) is 17.8. The molecule has 1 aromatic rings. The maximum Gasteiger partial charge on any atom is 0.446 e. The van der Waals surface area contributed by atoms with Gasteiger partial charge in [0.1, 0.15) is 0 Å². The van der Waals surface area contributed by atoms with E-state index in [1.807, 2.05) is 13.8 Å². The van der Waals surface area contributed by atoms with Gasteiger partial charge in [-0.05, 0) is 43.3 Å².